The quantitative estimate of drug-likeness (QED) is 0.433. The van der Waals surface area contributed by atoms with Gasteiger partial charge in [-0.05, 0) is 13.8 Å². The van der Waals surface area contributed by atoms with Crippen molar-refractivity contribution in [2.75, 3.05) is 0 Å². The Labute approximate surface area is 159 Å². The summed E-state index contributed by atoms with van der Waals surface area (Å²) in [6, 6.07) is -1.60. The minimum atomic E-state index is -8.71. The Morgan fingerprint density at radius 2 is 0.774 bits per heavy atom. The van der Waals surface area contributed by atoms with E-state index < -0.39 is 59.6 Å². The van der Waals surface area contributed by atoms with Crippen molar-refractivity contribution in [2.24, 2.45) is 0 Å². The molecule has 0 aliphatic heterocycles. The molecule has 0 aromatic heterocycles. The lowest BCUT2D eigenvalue weighted by Gasteiger charge is -2.42. The van der Waals surface area contributed by atoms with Crippen LogP contribution in [-0.4, -0.2) is 59.6 Å². The minimum absolute atomic E-state index is 0.715. The van der Waals surface area contributed by atoms with Gasteiger partial charge in [-0.25, -0.2) is 0 Å². The van der Waals surface area contributed by atoms with Crippen LogP contribution < -0.4 is 5.32 Å². The van der Waals surface area contributed by atoms with Gasteiger partial charge in [-0.1, -0.05) is 0 Å². The van der Waals surface area contributed by atoms with Crippen LogP contribution in [0.15, 0.2) is 0 Å². The van der Waals surface area contributed by atoms with E-state index in [1.165, 1.54) is 0 Å². The van der Waals surface area contributed by atoms with Crippen molar-refractivity contribution in [2.45, 2.75) is 67.5 Å². The number of rotatable bonds is 8. The summed E-state index contributed by atoms with van der Waals surface area (Å²) in [5.41, 5.74) is 0. The number of amides is 1. The standard InChI is InChI=1S/C12H8F17NO/c1-3(2)30-4(31)5(13,14)6(15,16)7(17,18)8(19,20)9(21,22)10(23,24)11(25,26)12(27,28)29/h3H,1-2H3,(H,30,31). The van der Waals surface area contributed by atoms with E-state index in [1.807, 2.05) is 0 Å². The predicted molar refractivity (Wildman–Crippen MR) is 64.0 cm³/mol. The molecule has 0 heterocycles. The summed E-state index contributed by atoms with van der Waals surface area (Å²) in [5.74, 6) is -61.3. The number of hydrogen-bond acceptors (Lipinski definition) is 1. The fourth-order valence-corrected chi connectivity index (χ4v) is 1.66. The van der Waals surface area contributed by atoms with Crippen LogP contribution in [0.4, 0.5) is 74.6 Å². The second-order valence-corrected chi connectivity index (χ2v) is 6.15. The number of halogens is 17. The molecule has 0 aliphatic rings. The summed E-state index contributed by atoms with van der Waals surface area (Å²) in [5, 5.41) is 0.774. The Bertz CT molecular complexity index is 677. The van der Waals surface area contributed by atoms with E-state index in [0.717, 1.165) is 5.32 Å². The number of carbonyl (C=O) groups is 1. The van der Waals surface area contributed by atoms with Crippen LogP contribution in [0.2, 0.25) is 0 Å². The van der Waals surface area contributed by atoms with Gasteiger partial charge in [0.25, 0.3) is 5.91 Å². The molecule has 0 spiro atoms. The molecular weight excluding hydrogens is 497 g/mol. The average molecular weight is 505 g/mol. The van der Waals surface area contributed by atoms with Gasteiger partial charge in [0.15, 0.2) is 0 Å². The fraction of sp³-hybridized carbons (Fsp3) is 0.917. The van der Waals surface area contributed by atoms with Gasteiger partial charge in [0, 0.05) is 6.04 Å². The van der Waals surface area contributed by atoms with E-state index in [1.54, 1.807) is 0 Å². The van der Waals surface area contributed by atoms with Crippen LogP contribution in [0, 0.1) is 0 Å². The third kappa shape index (κ3) is 3.84. The summed E-state index contributed by atoms with van der Waals surface area (Å²) in [6.07, 6.45) is -7.81. The Morgan fingerprint density at radius 1 is 0.516 bits per heavy atom. The highest BCUT2D eigenvalue weighted by Crippen LogP contribution is 2.63. The lowest BCUT2D eigenvalue weighted by molar-refractivity contribution is -0.459. The van der Waals surface area contributed by atoms with Crippen molar-refractivity contribution in [3.05, 3.63) is 0 Å². The molecule has 31 heavy (non-hydrogen) atoms. The van der Waals surface area contributed by atoms with Gasteiger partial charge in [0.2, 0.25) is 0 Å². The summed E-state index contributed by atoms with van der Waals surface area (Å²) in [7, 11) is 0. The highest BCUT2D eigenvalue weighted by Gasteiger charge is 2.95. The van der Waals surface area contributed by atoms with Crippen molar-refractivity contribution in [1.82, 2.24) is 5.32 Å². The molecule has 0 rings (SSSR count). The van der Waals surface area contributed by atoms with E-state index >= 15 is 0 Å². The Hall–Kier alpha value is -1.72. The molecular formula is C12H8F17NO. The summed E-state index contributed by atoms with van der Waals surface area (Å²) >= 11 is 0. The lowest BCUT2D eigenvalue weighted by Crippen LogP contribution is -2.75. The normalized spacial score (nSPS) is 16.0. The third-order valence-electron chi connectivity index (χ3n) is 3.43. The Morgan fingerprint density at radius 3 is 1.03 bits per heavy atom. The van der Waals surface area contributed by atoms with Gasteiger partial charge in [-0.15, -0.1) is 0 Å². The Balaban J connectivity index is 6.73. The van der Waals surface area contributed by atoms with Crippen LogP contribution in [-0.2, 0) is 4.79 Å². The summed E-state index contributed by atoms with van der Waals surface area (Å²) < 4.78 is 220. The zero-order chi connectivity index (χ0) is 25.9. The number of hydrogen-bond donors (Lipinski definition) is 1. The molecule has 1 amide bonds. The van der Waals surface area contributed by atoms with Crippen LogP contribution in [0.3, 0.4) is 0 Å². The topological polar surface area (TPSA) is 29.1 Å². The highest BCUT2D eigenvalue weighted by molar-refractivity contribution is 5.85. The zero-order valence-corrected chi connectivity index (χ0v) is 14.4. The number of alkyl halides is 17. The summed E-state index contributed by atoms with van der Waals surface area (Å²) in [6.45, 7) is 1.43. The van der Waals surface area contributed by atoms with E-state index in [2.05, 4.69) is 0 Å². The molecule has 0 aromatic carbocycles. The first kappa shape index (κ1) is 29.3. The monoisotopic (exact) mass is 505 g/mol. The van der Waals surface area contributed by atoms with Gasteiger partial charge in [-0.3, -0.25) is 4.79 Å². The molecule has 186 valence electrons. The molecule has 0 atom stereocenters. The van der Waals surface area contributed by atoms with Crippen molar-refractivity contribution < 1.29 is 79.4 Å². The van der Waals surface area contributed by atoms with Crippen LogP contribution in [0.1, 0.15) is 13.8 Å². The maximum atomic E-state index is 13.4. The van der Waals surface area contributed by atoms with Gasteiger partial charge < -0.3 is 5.32 Å². The largest absolute Gasteiger partial charge is 0.460 e. The average Bonchev–Trinajstić information content (AvgIpc) is 2.51. The van der Waals surface area contributed by atoms with Gasteiger partial charge >= 0.3 is 47.6 Å². The molecule has 2 nitrogen and oxygen atoms in total. The number of nitrogens with one attached hydrogen (secondary N) is 1. The van der Waals surface area contributed by atoms with Crippen LogP contribution >= 0.6 is 0 Å². The third-order valence-corrected chi connectivity index (χ3v) is 3.43. The van der Waals surface area contributed by atoms with Crippen molar-refractivity contribution in [1.29, 1.82) is 0 Å². The minimum Gasteiger partial charge on any atom is -0.348 e. The van der Waals surface area contributed by atoms with Crippen LogP contribution in [0.5, 0.6) is 0 Å². The lowest BCUT2D eigenvalue weighted by atomic mass is 9.88. The number of carbonyl (C=O) groups excluding carboxylic acids is 1. The molecule has 0 bridgehead atoms. The van der Waals surface area contributed by atoms with Crippen molar-refractivity contribution in [3.8, 4) is 0 Å². The molecule has 19 heteroatoms. The predicted octanol–water partition coefficient (Wildman–Crippen LogP) is 5.52. The maximum absolute atomic E-state index is 13.4. The first-order valence-corrected chi connectivity index (χ1v) is 7.11. The molecule has 0 aliphatic carbocycles. The van der Waals surface area contributed by atoms with Gasteiger partial charge in [-0.2, -0.15) is 74.6 Å². The smallest absolute Gasteiger partial charge is 0.348 e. The van der Waals surface area contributed by atoms with Gasteiger partial charge in [0.1, 0.15) is 0 Å². The SMILES string of the molecule is CC(C)NC(=O)C(F)(F)C(F)(F)C(F)(F)C(F)(F)C(F)(F)C(F)(F)C(F)(F)C(F)(F)F. The van der Waals surface area contributed by atoms with Crippen molar-refractivity contribution in [3.63, 3.8) is 0 Å². The maximum Gasteiger partial charge on any atom is 0.460 e. The fourth-order valence-electron chi connectivity index (χ4n) is 1.66. The second-order valence-electron chi connectivity index (χ2n) is 6.15. The molecule has 0 aromatic rings. The first-order valence-electron chi connectivity index (χ1n) is 7.11. The molecule has 0 fully saturated rings. The van der Waals surface area contributed by atoms with Crippen molar-refractivity contribution >= 4 is 5.91 Å². The van der Waals surface area contributed by atoms with Crippen LogP contribution in [0.25, 0.3) is 0 Å². The van der Waals surface area contributed by atoms with E-state index in [-0.39, 0.29) is 0 Å². The summed E-state index contributed by atoms with van der Waals surface area (Å²) in [4.78, 5) is 10.9. The molecule has 0 saturated carbocycles. The Kier molecular flexibility index (Phi) is 7.00. The van der Waals surface area contributed by atoms with E-state index in [9.17, 15) is 79.4 Å². The molecule has 1 N–H and O–H groups in total. The zero-order valence-electron chi connectivity index (χ0n) is 14.4. The molecule has 0 radical (unpaired) electrons. The van der Waals surface area contributed by atoms with E-state index in [0.29, 0.717) is 13.8 Å². The van der Waals surface area contributed by atoms with E-state index in [4.69, 9.17) is 0 Å². The molecule has 0 unspecified atom stereocenters. The second kappa shape index (κ2) is 7.41. The molecule has 0 saturated heterocycles. The van der Waals surface area contributed by atoms with Gasteiger partial charge in [0.05, 0.1) is 0 Å². The highest BCUT2D eigenvalue weighted by atomic mass is 19.4. The first-order chi connectivity index (χ1) is 13.1.